The fourth-order valence-electron chi connectivity index (χ4n) is 4.09. The van der Waals surface area contributed by atoms with Crippen LogP contribution in [0.5, 0.6) is 11.5 Å². The zero-order valence-electron chi connectivity index (χ0n) is 20.7. The van der Waals surface area contributed by atoms with Gasteiger partial charge >= 0.3 is 5.97 Å². The van der Waals surface area contributed by atoms with E-state index in [1.807, 2.05) is 24.3 Å². The van der Waals surface area contributed by atoms with Gasteiger partial charge in [-0.15, -0.1) is 0 Å². The molecule has 0 bridgehead atoms. The Hall–Kier alpha value is -4.06. The van der Waals surface area contributed by atoms with Crippen LogP contribution < -0.4 is 9.47 Å². The summed E-state index contributed by atoms with van der Waals surface area (Å²) in [6.45, 7) is 2.15. The third-order valence-corrected chi connectivity index (χ3v) is 6.18. The molecule has 4 rings (SSSR count). The van der Waals surface area contributed by atoms with Crippen molar-refractivity contribution in [1.82, 2.24) is 0 Å². The van der Waals surface area contributed by atoms with Gasteiger partial charge in [0.25, 0.3) is 0 Å². The fraction of sp³-hybridized carbons (Fsp3) is 0.194. The van der Waals surface area contributed by atoms with E-state index < -0.39 is 23.4 Å². The van der Waals surface area contributed by atoms with E-state index in [1.54, 1.807) is 6.07 Å². The molecular weight excluding hydrogens is 477 g/mol. The summed E-state index contributed by atoms with van der Waals surface area (Å²) in [4.78, 5) is 12.3. The third-order valence-electron chi connectivity index (χ3n) is 6.18. The number of benzene rings is 4. The highest BCUT2D eigenvalue weighted by Gasteiger charge is 2.17. The molecule has 6 heteroatoms. The number of carbonyl (C=O) groups is 1. The average Bonchev–Trinajstić information content (AvgIpc) is 2.91. The van der Waals surface area contributed by atoms with Gasteiger partial charge in [-0.25, -0.2) is 18.0 Å². The van der Waals surface area contributed by atoms with Crippen LogP contribution in [0.1, 0.15) is 42.1 Å². The Bertz CT molecular complexity index is 1380. The van der Waals surface area contributed by atoms with Gasteiger partial charge in [0.2, 0.25) is 0 Å². The molecule has 190 valence electrons. The summed E-state index contributed by atoms with van der Waals surface area (Å²) in [7, 11) is 1.33. The van der Waals surface area contributed by atoms with Gasteiger partial charge in [-0.05, 0) is 59.9 Å². The van der Waals surface area contributed by atoms with Gasteiger partial charge in [-0.3, -0.25) is 0 Å². The van der Waals surface area contributed by atoms with Gasteiger partial charge in [0.05, 0.1) is 12.7 Å². The number of carbonyl (C=O) groups excluding carboxylic acids is 1. The monoisotopic (exact) mass is 504 g/mol. The third kappa shape index (κ3) is 6.02. The van der Waals surface area contributed by atoms with E-state index in [0.29, 0.717) is 11.1 Å². The summed E-state index contributed by atoms with van der Waals surface area (Å²) in [5, 5.41) is 0. The van der Waals surface area contributed by atoms with Crippen molar-refractivity contribution in [1.29, 1.82) is 0 Å². The first-order chi connectivity index (χ1) is 17.9. The van der Waals surface area contributed by atoms with Crippen molar-refractivity contribution >= 4 is 5.97 Å². The van der Waals surface area contributed by atoms with E-state index in [9.17, 15) is 9.18 Å². The molecule has 4 aromatic rings. The predicted octanol–water partition coefficient (Wildman–Crippen LogP) is 8.40. The quantitative estimate of drug-likeness (QED) is 0.130. The molecule has 3 nitrogen and oxygen atoms in total. The number of aryl methyl sites for hydroxylation is 1. The first-order valence-electron chi connectivity index (χ1n) is 12.1. The van der Waals surface area contributed by atoms with Crippen molar-refractivity contribution in [2.75, 3.05) is 7.11 Å². The van der Waals surface area contributed by atoms with Crippen LogP contribution in [-0.4, -0.2) is 13.1 Å². The minimum absolute atomic E-state index is 0.0140. The van der Waals surface area contributed by atoms with Gasteiger partial charge in [-0.2, -0.15) is 0 Å². The van der Waals surface area contributed by atoms with Gasteiger partial charge in [-0.1, -0.05) is 68.3 Å². The largest absolute Gasteiger partial charge is 0.494 e. The zero-order valence-corrected chi connectivity index (χ0v) is 20.7. The number of hydrogen-bond acceptors (Lipinski definition) is 3. The van der Waals surface area contributed by atoms with Crippen LogP contribution in [-0.2, 0) is 6.42 Å². The number of ether oxygens (including phenoxy) is 2. The van der Waals surface area contributed by atoms with Crippen LogP contribution in [0.25, 0.3) is 22.3 Å². The normalized spacial score (nSPS) is 10.8. The number of methoxy groups -OCH3 is 1. The van der Waals surface area contributed by atoms with E-state index in [-0.39, 0.29) is 28.2 Å². The maximum atomic E-state index is 15.0. The molecule has 0 fully saturated rings. The van der Waals surface area contributed by atoms with Crippen LogP contribution in [0.2, 0.25) is 0 Å². The van der Waals surface area contributed by atoms with Crippen molar-refractivity contribution < 1.29 is 27.4 Å². The molecule has 0 radical (unpaired) electrons. The summed E-state index contributed by atoms with van der Waals surface area (Å²) >= 11 is 0. The minimum atomic E-state index is -0.956. The Morgan fingerprint density at radius 3 is 1.89 bits per heavy atom. The number of halogens is 3. The highest BCUT2D eigenvalue weighted by atomic mass is 19.2. The molecule has 0 unspecified atom stereocenters. The molecule has 0 aliphatic rings. The molecule has 0 amide bonds. The standard InChI is InChI=1S/C31H27F3O3/c1-3-4-5-6-20-7-9-21(10-8-20)25-16-17-26(30(34)29(25)33)22-11-14-24(15-12-22)37-31(35)23-13-18-28(36-2)27(32)19-23/h7-19H,3-6H2,1-2H3. The van der Waals surface area contributed by atoms with E-state index in [1.165, 1.54) is 55.1 Å². The topological polar surface area (TPSA) is 35.5 Å². The number of unbranched alkanes of at least 4 members (excludes halogenated alkanes) is 2. The van der Waals surface area contributed by atoms with Gasteiger partial charge in [0.15, 0.2) is 23.2 Å². The highest BCUT2D eigenvalue weighted by Crippen LogP contribution is 2.32. The first kappa shape index (κ1) is 26.0. The molecule has 4 aromatic carbocycles. The predicted molar refractivity (Wildman–Crippen MR) is 138 cm³/mol. The molecular formula is C31H27F3O3. The van der Waals surface area contributed by atoms with Crippen molar-refractivity contribution in [2.45, 2.75) is 32.6 Å². The Morgan fingerprint density at radius 1 is 0.757 bits per heavy atom. The lowest BCUT2D eigenvalue weighted by Gasteiger charge is -2.11. The summed E-state index contributed by atoms with van der Waals surface area (Å²) in [6.07, 6.45) is 4.38. The first-order valence-corrected chi connectivity index (χ1v) is 12.1. The van der Waals surface area contributed by atoms with Crippen molar-refractivity contribution in [3.05, 3.63) is 107 Å². The summed E-state index contributed by atoms with van der Waals surface area (Å²) in [5.41, 5.74) is 2.50. The molecule has 0 N–H and O–H groups in total. The molecule has 0 heterocycles. The molecule has 0 spiro atoms. The molecule has 0 aliphatic heterocycles. The van der Waals surface area contributed by atoms with Crippen LogP contribution in [0, 0.1) is 17.5 Å². The Kier molecular flexibility index (Phi) is 8.29. The SMILES string of the molecule is CCCCCc1ccc(-c2ccc(-c3ccc(OC(=O)c4ccc(OC)c(F)c4)cc3)c(F)c2F)cc1. The second-order valence-electron chi connectivity index (χ2n) is 8.71. The number of esters is 1. The lowest BCUT2D eigenvalue weighted by Crippen LogP contribution is -2.09. The van der Waals surface area contributed by atoms with Gasteiger partial charge in [0.1, 0.15) is 5.75 Å². The van der Waals surface area contributed by atoms with Crippen molar-refractivity contribution in [3.63, 3.8) is 0 Å². The van der Waals surface area contributed by atoms with Crippen molar-refractivity contribution in [2.24, 2.45) is 0 Å². The Labute approximate surface area is 214 Å². The molecule has 0 saturated heterocycles. The second kappa shape index (κ2) is 11.8. The fourth-order valence-corrected chi connectivity index (χ4v) is 4.09. The molecule has 0 atom stereocenters. The smallest absolute Gasteiger partial charge is 0.343 e. The molecule has 37 heavy (non-hydrogen) atoms. The van der Waals surface area contributed by atoms with Crippen LogP contribution in [0.15, 0.2) is 78.9 Å². The van der Waals surface area contributed by atoms with Gasteiger partial charge in [0, 0.05) is 11.1 Å². The Balaban J connectivity index is 1.48. The summed E-state index contributed by atoms with van der Waals surface area (Å²) in [5.74, 6) is -3.12. The highest BCUT2D eigenvalue weighted by molar-refractivity contribution is 5.91. The maximum Gasteiger partial charge on any atom is 0.343 e. The van der Waals surface area contributed by atoms with Crippen molar-refractivity contribution in [3.8, 4) is 33.8 Å². The zero-order chi connectivity index (χ0) is 26.4. The minimum Gasteiger partial charge on any atom is -0.494 e. The van der Waals surface area contributed by atoms with E-state index in [0.717, 1.165) is 31.7 Å². The van der Waals surface area contributed by atoms with Crippen LogP contribution >= 0.6 is 0 Å². The van der Waals surface area contributed by atoms with E-state index in [4.69, 9.17) is 9.47 Å². The lowest BCUT2D eigenvalue weighted by atomic mass is 9.97. The van der Waals surface area contributed by atoms with E-state index >= 15 is 8.78 Å². The summed E-state index contributed by atoms with van der Waals surface area (Å²) < 4.78 is 54.1. The van der Waals surface area contributed by atoms with E-state index in [2.05, 4.69) is 6.92 Å². The average molecular weight is 505 g/mol. The van der Waals surface area contributed by atoms with Crippen LogP contribution in [0.4, 0.5) is 13.2 Å². The van der Waals surface area contributed by atoms with Gasteiger partial charge < -0.3 is 9.47 Å². The lowest BCUT2D eigenvalue weighted by molar-refractivity contribution is 0.0734. The molecule has 0 aliphatic carbocycles. The number of hydrogen-bond donors (Lipinski definition) is 0. The van der Waals surface area contributed by atoms with Crippen LogP contribution in [0.3, 0.4) is 0 Å². The Morgan fingerprint density at radius 2 is 1.35 bits per heavy atom. The number of rotatable bonds is 9. The summed E-state index contributed by atoms with van der Waals surface area (Å²) in [6, 6.07) is 20.4. The second-order valence-corrected chi connectivity index (χ2v) is 8.71. The maximum absolute atomic E-state index is 15.0. The molecule has 0 saturated carbocycles. The molecule has 0 aromatic heterocycles.